The van der Waals surface area contributed by atoms with Crippen molar-refractivity contribution in [1.29, 1.82) is 0 Å². The van der Waals surface area contributed by atoms with Gasteiger partial charge < -0.3 is 15.2 Å². The monoisotopic (exact) mass is 299 g/mol. The van der Waals surface area contributed by atoms with Gasteiger partial charge in [-0.05, 0) is 42.8 Å². The zero-order valence-electron chi connectivity index (χ0n) is 12.2. The number of carboxylic acids is 1. The summed E-state index contributed by atoms with van der Waals surface area (Å²) in [7, 11) is 0. The number of benzene rings is 2. The van der Waals surface area contributed by atoms with E-state index >= 15 is 0 Å². The number of ether oxygens (including phenoxy) is 1. The Labute approximate surface area is 128 Å². The van der Waals surface area contributed by atoms with Gasteiger partial charge in [-0.15, -0.1) is 0 Å². The third-order valence-electron chi connectivity index (χ3n) is 2.99. The Morgan fingerprint density at radius 1 is 1.05 bits per heavy atom. The highest BCUT2D eigenvalue weighted by Gasteiger charge is 2.15. The van der Waals surface area contributed by atoms with Gasteiger partial charge in [-0.1, -0.05) is 19.1 Å². The third-order valence-corrected chi connectivity index (χ3v) is 2.99. The normalized spacial score (nSPS) is 10.0. The van der Waals surface area contributed by atoms with Gasteiger partial charge in [0, 0.05) is 5.69 Å². The second kappa shape index (κ2) is 7.26. The van der Waals surface area contributed by atoms with Gasteiger partial charge >= 0.3 is 5.97 Å². The van der Waals surface area contributed by atoms with E-state index < -0.39 is 11.9 Å². The van der Waals surface area contributed by atoms with Gasteiger partial charge in [-0.25, -0.2) is 4.79 Å². The summed E-state index contributed by atoms with van der Waals surface area (Å²) in [5.41, 5.74) is 0.679. The maximum atomic E-state index is 12.2. The molecule has 2 aromatic rings. The molecule has 114 valence electrons. The SMILES string of the molecule is CCCOc1ccc(NC(=O)c2ccccc2C(=O)O)cc1. The predicted molar refractivity (Wildman–Crippen MR) is 83.6 cm³/mol. The van der Waals surface area contributed by atoms with Crippen LogP contribution in [0.25, 0.3) is 0 Å². The molecule has 0 saturated heterocycles. The van der Waals surface area contributed by atoms with E-state index in [1.165, 1.54) is 12.1 Å². The van der Waals surface area contributed by atoms with Crippen molar-refractivity contribution >= 4 is 17.6 Å². The summed E-state index contributed by atoms with van der Waals surface area (Å²) in [4.78, 5) is 23.3. The third kappa shape index (κ3) is 3.85. The average Bonchev–Trinajstić information content (AvgIpc) is 2.54. The van der Waals surface area contributed by atoms with Crippen molar-refractivity contribution in [2.75, 3.05) is 11.9 Å². The van der Waals surface area contributed by atoms with E-state index in [4.69, 9.17) is 9.84 Å². The topological polar surface area (TPSA) is 75.6 Å². The van der Waals surface area contributed by atoms with Crippen molar-refractivity contribution in [2.24, 2.45) is 0 Å². The van der Waals surface area contributed by atoms with Crippen LogP contribution in [0.1, 0.15) is 34.1 Å². The summed E-state index contributed by atoms with van der Waals surface area (Å²) in [6, 6.07) is 13.0. The Balaban J connectivity index is 2.10. The van der Waals surface area contributed by atoms with E-state index in [1.54, 1.807) is 36.4 Å². The minimum atomic E-state index is -1.13. The molecule has 0 atom stereocenters. The number of nitrogens with one attached hydrogen (secondary N) is 1. The summed E-state index contributed by atoms with van der Waals surface area (Å²) < 4.78 is 5.46. The molecule has 5 nitrogen and oxygen atoms in total. The maximum absolute atomic E-state index is 12.2. The fourth-order valence-electron chi connectivity index (χ4n) is 1.92. The van der Waals surface area contributed by atoms with Gasteiger partial charge in [0.05, 0.1) is 17.7 Å². The first-order valence-corrected chi connectivity index (χ1v) is 6.98. The quantitative estimate of drug-likeness (QED) is 0.857. The van der Waals surface area contributed by atoms with Gasteiger partial charge in [0.25, 0.3) is 5.91 Å². The molecule has 0 saturated carbocycles. The van der Waals surface area contributed by atoms with Gasteiger partial charge in [0.2, 0.25) is 0 Å². The summed E-state index contributed by atoms with van der Waals surface area (Å²) in [5.74, 6) is -0.861. The van der Waals surface area contributed by atoms with Crippen LogP contribution in [-0.2, 0) is 0 Å². The summed E-state index contributed by atoms with van der Waals surface area (Å²) in [6.45, 7) is 2.66. The van der Waals surface area contributed by atoms with Gasteiger partial charge in [-0.2, -0.15) is 0 Å². The molecule has 0 aliphatic rings. The lowest BCUT2D eigenvalue weighted by atomic mass is 10.1. The zero-order valence-corrected chi connectivity index (χ0v) is 12.2. The number of carbonyl (C=O) groups excluding carboxylic acids is 1. The van der Waals surface area contributed by atoms with Crippen LogP contribution in [0.2, 0.25) is 0 Å². The lowest BCUT2D eigenvalue weighted by Crippen LogP contribution is -2.16. The van der Waals surface area contributed by atoms with E-state index in [9.17, 15) is 9.59 Å². The molecule has 0 aliphatic carbocycles. The molecule has 2 N–H and O–H groups in total. The molecule has 0 radical (unpaired) electrons. The van der Waals surface area contributed by atoms with E-state index in [-0.39, 0.29) is 11.1 Å². The van der Waals surface area contributed by atoms with Crippen LogP contribution in [-0.4, -0.2) is 23.6 Å². The fraction of sp³-hybridized carbons (Fsp3) is 0.176. The standard InChI is InChI=1S/C17H17NO4/c1-2-11-22-13-9-7-12(8-10-13)18-16(19)14-5-3-4-6-15(14)17(20)21/h3-10H,2,11H2,1H3,(H,18,19)(H,20,21). The minimum absolute atomic E-state index is 0.0251. The van der Waals surface area contributed by atoms with Crippen molar-refractivity contribution in [3.05, 3.63) is 59.7 Å². The number of anilines is 1. The first-order valence-electron chi connectivity index (χ1n) is 6.98. The summed E-state index contributed by atoms with van der Waals surface area (Å²) in [6.07, 6.45) is 0.921. The lowest BCUT2D eigenvalue weighted by Gasteiger charge is -2.09. The molecule has 0 bridgehead atoms. The molecule has 22 heavy (non-hydrogen) atoms. The van der Waals surface area contributed by atoms with Crippen LogP contribution >= 0.6 is 0 Å². The number of amides is 1. The first-order chi connectivity index (χ1) is 10.6. The number of hydrogen-bond acceptors (Lipinski definition) is 3. The van der Waals surface area contributed by atoms with Crippen LogP contribution in [0, 0.1) is 0 Å². The number of hydrogen-bond donors (Lipinski definition) is 2. The molecule has 0 aromatic heterocycles. The number of carboxylic acid groups (broad SMARTS) is 1. The van der Waals surface area contributed by atoms with E-state index in [1.807, 2.05) is 6.92 Å². The lowest BCUT2D eigenvalue weighted by molar-refractivity contribution is 0.0692. The molecule has 5 heteroatoms. The van der Waals surface area contributed by atoms with Gasteiger partial charge in [-0.3, -0.25) is 4.79 Å². The predicted octanol–water partition coefficient (Wildman–Crippen LogP) is 3.43. The molecule has 0 heterocycles. The average molecular weight is 299 g/mol. The Hall–Kier alpha value is -2.82. The van der Waals surface area contributed by atoms with Crippen molar-refractivity contribution in [3.63, 3.8) is 0 Å². The van der Waals surface area contributed by atoms with Crippen LogP contribution in [0.5, 0.6) is 5.75 Å². The van der Waals surface area contributed by atoms with Gasteiger partial charge in [0.1, 0.15) is 5.75 Å². The van der Waals surface area contributed by atoms with E-state index in [0.717, 1.165) is 12.2 Å². The van der Waals surface area contributed by atoms with Crippen molar-refractivity contribution in [1.82, 2.24) is 0 Å². The molecule has 1 amide bonds. The Morgan fingerprint density at radius 3 is 2.27 bits per heavy atom. The number of aromatic carboxylic acids is 1. The highest BCUT2D eigenvalue weighted by Crippen LogP contribution is 2.17. The summed E-state index contributed by atoms with van der Waals surface area (Å²) >= 11 is 0. The molecular weight excluding hydrogens is 282 g/mol. The first kappa shape index (κ1) is 15.6. The molecule has 0 spiro atoms. The molecular formula is C17H17NO4. The smallest absolute Gasteiger partial charge is 0.336 e. The molecule has 2 rings (SSSR count). The number of carbonyl (C=O) groups is 2. The van der Waals surface area contributed by atoms with Crippen LogP contribution in [0.4, 0.5) is 5.69 Å². The van der Waals surface area contributed by atoms with E-state index in [0.29, 0.717) is 12.3 Å². The van der Waals surface area contributed by atoms with Crippen LogP contribution in [0.15, 0.2) is 48.5 Å². The minimum Gasteiger partial charge on any atom is -0.494 e. The maximum Gasteiger partial charge on any atom is 0.336 e. The Bertz CT molecular complexity index is 665. The van der Waals surface area contributed by atoms with Crippen LogP contribution < -0.4 is 10.1 Å². The van der Waals surface area contributed by atoms with Crippen molar-refractivity contribution in [3.8, 4) is 5.75 Å². The largest absolute Gasteiger partial charge is 0.494 e. The second-order valence-electron chi connectivity index (χ2n) is 4.68. The van der Waals surface area contributed by atoms with Crippen molar-refractivity contribution in [2.45, 2.75) is 13.3 Å². The highest BCUT2D eigenvalue weighted by molar-refractivity contribution is 6.10. The van der Waals surface area contributed by atoms with Crippen LogP contribution in [0.3, 0.4) is 0 Å². The molecule has 2 aromatic carbocycles. The van der Waals surface area contributed by atoms with Crippen molar-refractivity contribution < 1.29 is 19.4 Å². The fourth-order valence-corrected chi connectivity index (χ4v) is 1.92. The number of rotatable bonds is 6. The van der Waals surface area contributed by atoms with E-state index in [2.05, 4.69) is 5.32 Å². The Morgan fingerprint density at radius 2 is 1.68 bits per heavy atom. The molecule has 0 unspecified atom stereocenters. The molecule has 0 aliphatic heterocycles. The summed E-state index contributed by atoms with van der Waals surface area (Å²) in [5, 5.41) is 11.8. The molecule has 0 fully saturated rings. The van der Waals surface area contributed by atoms with Gasteiger partial charge in [0.15, 0.2) is 0 Å². The Kier molecular flexibility index (Phi) is 5.14. The zero-order chi connectivity index (χ0) is 15.9. The highest BCUT2D eigenvalue weighted by atomic mass is 16.5. The second-order valence-corrected chi connectivity index (χ2v) is 4.68.